The summed E-state index contributed by atoms with van der Waals surface area (Å²) < 4.78 is 28.7. The van der Waals surface area contributed by atoms with Gasteiger partial charge in [0.1, 0.15) is 5.75 Å². The van der Waals surface area contributed by atoms with Crippen LogP contribution in [0.15, 0.2) is 42.5 Å². The topological polar surface area (TPSA) is 65.1 Å². The van der Waals surface area contributed by atoms with Crippen molar-refractivity contribution in [1.82, 2.24) is 4.90 Å². The molecule has 0 aliphatic heterocycles. The van der Waals surface area contributed by atoms with Crippen molar-refractivity contribution in [1.29, 1.82) is 0 Å². The normalized spacial score (nSPS) is 10.2. The molecule has 0 unspecified atom stereocenters. The number of methoxy groups -OCH3 is 2. The van der Waals surface area contributed by atoms with Crippen LogP contribution in [-0.4, -0.2) is 44.7 Å². The van der Waals surface area contributed by atoms with Crippen LogP contribution in [0.2, 0.25) is 0 Å². The van der Waals surface area contributed by atoms with Crippen LogP contribution in [0.25, 0.3) is 0 Å². The van der Waals surface area contributed by atoms with Crippen molar-refractivity contribution in [3.8, 4) is 11.5 Å². The van der Waals surface area contributed by atoms with Crippen LogP contribution in [0.3, 0.4) is 0 Å². The molecule has 0 aromatic heterocycles. The lowest BCUT2D eigenvalue weighted by Gasteiger charge is -2.18. The van der Waals surface area contributed by atoms with Gasteiger partial charge >= 0.3 is 5.97 Å². The minimum Gasteiger partial charge on any atom is -0.496 e. The Morgan fingerprint density at radius 1 is 1.04 bits per heavy atom. The lowest BCUT2D eigenvalue weighted by atomic mass is 10.1. The highest BCUT2D eigenvalue weighted by Crippen LogP contribution is 2.19. The molecule has 0 saturated heterocycles. The molecule has 27 heavy (non-hydrogen) atoms. The van der Waals surface area contributed by atoms with Gasteiger partial charge in [-0.2, -0.15) is 0 Å². The van der Waals surface area contributed by atoms with E-state index in [1.165, 1.54) is 24.1 Å². The molecule has 0 spiro atoms. The van der Waals surface area contributed by atoms with E-state index in [0.29, 0.717) is 17.9 Å². The summed E-state index contributed by atoms with van der Waals surface area (Å²) in [4.78, 5) is 25.5. The summed E-state index contributed by atoms with van der Waals surface area (Å²) in [6.45, 7) is -0.0623. The van der Waals surface area contributed by atoms with Gasteiger partial charge in [-0.1, -0.05) is 24.3 Å². The maximum absolute atomic E-state index is 13.6. The molecule has 0 fully saturated rings. The van der Waals surface area contributed by atoms with E-state index in [-0.39, 0.29) is 24.7 Å². The predicted molar refractivity (Wildman–Crippen MR) is 97.1 cm³/mol. The zero-order chi connectivity index (χ0) is 19.8. The number of para-hydroxylation sites is 1. The average Bonchev–Trinajstić information content (AvgIpc) is 2.66. The third-order valence-electron chi connectivity index (χ3n) is 3.95. The average molecular weight is 375 g/mol. The van der Waals surface area contributed by atoms with Crippen molar-refractivity contribution in [2.45, 2.75) is 13.0 Å². The Kier molecular flexibility index (Phi) is 7.16. The van der Waals surface area contributed by atoms with Crippen molar-refractivity contribution in [3.05, 3.63) is 59.4 Å². The minimum absolute atomic E-state index is 0.0975. The van der Waals surface area contributed by atoms with Crippen LogP contribution in [-0.2, 0) is 27.3 Å². The molecule has 144 valence electrons. The van der Waals surface area contributed by atoms with Gasteiger partial charge in [-0.25, -0.2) is 4.39 Å². The van der Waals surface area contributed by atoms with Crippen LogP contribution in [0.4, 0.5) is 4.39 Å². The van der Waals surface area contributed by atoms with E-state index >= 15 is 0 Å². The minimum atomic E-state index is -0.612. The molecule has 1 amide bonds. The van der Waals surface area contributed by atoms with Crippen molar-refractivity contribution in [2.75, 3.05) is 27.9 Å². The molecule has 0 saturated carbocycles. The molecule has 0 N–H and O–H groups in total. The molecule has 0 bridgehead atoms. The van der Waals surface area contributed by atoms with Gasteiger partial charge in [-0.3, -0.25) is 9.59 Å². The Bertz CT molecular complexity index is 809. The SMILES string of the molecule is COc1ccc(CC(=O)OCC(=O)N(C)Cc2ccccc2OC)cc1F. The number of rotatable bonds is 8. The van der Waals surface area contributed by atoms with Gasteiger partial charge in [-0.15, -0.1) is 0 Å². The summed E-state index contributed by atoms with van der Waals surface area (Å²) in [6.07, 6.45) is -0.135. The monoisotopic (exact) mass is 375 g/mol. The number of halogens is 1. The van der Waals surface area contributed by atoms with Crippen LogP contribution >= 0.6 is 0 Å². The van der Waals surface area contributed by atoms with Gasteiger partial charge in [0.15, 0.2) is 18.2 Å². The third-order valence-corrected chi connectivity index (χ3v) is 3.95. The van der Waals surface area contributed by atoms with Crippen LogP contribution in [0.5, 0.6) is 11.5 Å². The number of hydrogen-bond donors (Lipinski definition) is 0. The molecule has 2 aromatic carbocycles. The summed E-state index contributed by atoms with van der Waals surface area (Å²) >= 11 is 0. The zero-order valence-corrected chi connectivity index (χ0v) is 15.5. The number of carbonyl (C=O) groups excluding carboxylic acids is 2. The Labute approximate surface area is 157 Å². The first-order valence-corrected chi connectivity index (χ1v) is 8.28. The smallest absolute Gasteiger partial charge is 0.310 e. The molecule has 6 nitrogen and oxygen atoms in total. The van der Waals surface area contributed by atoms with Crippen LogP contribution < -0.4 is 9.47 Å². The number of likely N-dealkylation sites (N-methyl/N-ethyl adjacent to an activating group) is 1. The fourth-order valence-electron chi connectivity index (χ4n) is 2.47. The van der Waals surface area contributed by atoms with Crippen molar-refractivity contribution in [3.63, 3.8) is 0 Å². The molecule has 7 heteroatoms. The number of ether oxygens (including phenoxy) is 3. The molecule has 0 aliphatic rings. The molecule has 0 radical (unpaired) electrons. The quantitative estimate of drug-likeness (QED) is 0.664. The number of esters is 1. The number of nitrogens with zero attached hydrogens (tertiary/aromatic N) is 1. The van der Waals surface area contributed by atoms with Crippen LogP contribution in [0, 0.1) is 5.82 Å². The second-order valence-corrected chi connectivity index (χ2v) is 5.87. The lowest BCUT2D eigenvalue weighted by molar-refractivity contribution is -0.151. The second-order valence-electron chi connectivity index (χ2n) is 5.87. The summed E-state index contributed by atoms with van der Waals surface area (Å²) in [5.41, 5.74) is 1.28. The predicted octanol–water partition coefficient (Wildman–Crippen LogP) is 2.59. The largest absolute Gasteiger partial charge is 0.496 e. The first-order valence-electron chi connectivity index (χ1n) is 8.28. The summed E-state index contributed by atoms with van der Waals surface area (Å²) in [5.74, 6) is -0.750. The van der Waals surface area contributed by atoms with E-state index in [4.69, 9.17) is 14.2 Å². The second kappa shape index (κ2) is 9.56. The van der Waals surface area contributed by atoms with E-state index in [2.05, 4.69) is 0 Å². The van der Waals surface area contributed by atoms with E-state index in [9.17, 15) is 14.0 Å². The van der Waals surface area contributed by atoms with Crippen molar-refractivity contribution in [2.24, 2.45) is 0 Å². The highest BCUT2D eigenvalue weighted by atomic mass is 19.1. The Balaban J connectivity index is 1.85. The molecule has 2 aromatic rings. The summed E-state index contributed by atoms with van der Waals surface area (Å²) in [5, 5.41) is 0. The number of carbonyl (C=O) groups is 2. The fourth-order valence-corrected chi connectivity index (χ4v) is 2.47. The molecule has 0 heterocycles. The van der Waals surface area contributed by atoms with E-state index < -0.39 is 11.8 Å². The number of amides is 1. The van der Waals surface area contributed by atoms with Crippen molar-refractivity contribution >= 4 is 11.9 Å². The van der Waals surface area contributed by atoms with Gasteiger partial charge in [0.25, 0.3) is 5.91 Å². The zero-order valence-electron chi connectivity index (χ0n) is 15.5. The van der Waals surface area contributed by atoms with Gasteiger partial charge in [0.2, 0.25) is 0 Å². The van der Waals surface area contributed by atoms with E-state index in [1.807, 2.05) is 24.3 Å². The lowest BCUT2D eigenvalue weighted by Crippen LogP contribution is -2.31. The Morgan fingerprint density at radius 2 is 1.74 bits per heavy atom. The van der Waals surface area contributed by atoms with Gasteiger partial charge in [-0.05, 0) is 23.8 Å². The standard InChI is InChI=1S/C20H22FNO5/c1-22(12-15-6-4-5-7-17(15)25-2)19(23)13-27-20(24)11-14-8-9-18(26-3)16(21)10-14/h4-10H,11-13H2,1-3H3. The van der Waals surface area contributed by atoms with E-state index in [0.717, 1.165) is 5.56 Å². The highest BCUT2D eigenvalue weighted by molar-refractivity contribution is 5.81. The van der Waals surface area contributed by atoms with Gasteiger partial charge in [0.05, 0.1) is 20.6 Å². The summed E-state index contributed by atoms with van der Waals surface area (Å²) in [6, 6.07) is 11.6. The maximum Gasteiger partial charge on any atom is 0.310 e. The highest BCUT2D eigenvalue weighted by Gasteiger charge is 2.15. The Hall–Kier alpha value is -3.09. The molecule has 0 aliphatic carbocycles. The molecular formula is C20H22FNO5. The van der Waals surface area contributed by atoms with Crippen LogP contribution in [0.1, 0.15) is 11.1 Å². The molecular weight excluding hydrogens is 353 g/mol. The summed E-state index contributed by atoms with van der Waals surface area (Å²) in [7, 11) is 4.53. The molecule has 2 rings (SSSR count). The third kappa shape index (κ3) is 5.70. The van der Waals surface area contributed by atoms with Crippen molar-refractivity contribution < 1.29 is 28.2 Å². The number of benzene rings is 2. The van der Waals surface area contributed by atoms with Gasteiger partial charge in [0, 0.05) is 19.2 Å². The first-order chi connectivity index (χ1) is 12.9. The maximum atomic E-state index is 13.6. The Morgan fingerprint density at radius 3 is 2.41 bits per heavy atom. The molecule has 0 atom stereocenters. The fraction of sp³-hybridized carbons (Fsp3) is 0.300. The van der Waals surface area contributed by atoms with E-state index in [1.54, 1.807) is 20.2 Å². The first kappa shape index (κ1) is 20.2. The number of hydrogen-bond acceptors (Lipinski definition) is 5. The van der Waals surface area contributed by atoms with Gasteiger partial charge < -0.3 is 19.1 Å².